The average molecular weight is 545 g/mol. The Morgan fingerprint density at radius 2 is 1.68 bits per heavy atom. The molecule has 6 nitrogen and oxygen atoms in total. The molecule has 186 valence electrons. The lowest BCUT2D eigenvalue weighted by molar-refractivity contribution is -0.113. The van der Waals surface area contributed by atoms with Gasteiger partial charge in [0.25, 0.3) is 5.56 Å². The fraction of sp³-hybridized carbons (Fsp3) is 0.143. The van der Waals surface area contributed by atoms with Gasteiger partial charge in [-0.25, -0.2) is 4.98 Å². The van der Waals surface area contributed by atoms with E-state index in [0.29, 0.717) is 25.1 Å². The molecule has 0 aliphatic carbocycles. The molecular weight excluding hydrogens is 521 g/mol. The first-order chi connectivity index (χ1) is 17.8. The summed E-state index contributed by atoms with van der Waals surface area (Å²) in [6.07, 6.45) is 0. The van der Waals surface area contributed by atoms with Crippen molar-refractivity contribution in [2.75, 3.05) is 11.1 Å². The molecule has 9 heteroatoms. The number of nitrogens with one attached hydrogen (secondary N) is 1. The third-order valence-corrected chi connectivity index (χ3v) is 8.30. The fourth-order valence-corrected chi connectivity index (χ4v) is 6.00. The molecule has 2 heterocycles. The van der Waals surface area contributed by atoms with E-state index in [1.807, 2.05) is 91.2 Å². The van der Waals surface area contributed by atoms with Crippen LogP contribution in [0, 0.1) is 24.7 Å². The van der Waals surface area contributed by atoms with Crippen LogP contribution in [-0.2, 0) is 4.79 Å². The highest BCUT2D eigenvalue weighted by molar-refractivity contribution is 7.99. The number of rotatable bonds is 6. The van der Waals surface area contributed by atoms with Crippen molar-refractivity contribution in [1.82, 2.24) is 14.1 Å². The molecule has 2 aromatic heterocycles. The van der Waals surface area contributed by atoms with Crippen LogP contribution in [0.2, 0.25) is 0 Å². The fourth-order valence-electron chi connectivity index (χ4n) is 3.89. The Morgan fingerprint density at radius 3 is 2.38 bits per heavy atom. The number of aryl methyl sites for hydroxylation is 3. The second-order valence-corrected chi connectivity index (χ2v) is 11.3. The molecule has 5 aromatic rings. The van der Waals surface area contributed by atoms with Crippen LogP contribution < -0.4 is 10.9 Å². The van der Waals surface area contributed by atoms with Gasteiger partial charge in [0.15, 0.2) is 14.8 Å². The number of amides is 1. The average Bonchev–Trinajstić information content (AvgIpc) is 3.22. The standard InChI is InChI=1S/C28H24N4O2S3/c1-17-9-12-20(13-10-17)29-23(33)16-36-27-30-25-24(26(34)32(27)21-7-5-4-6-8-21)37-28(35)31(25)22-14-11-18(2)19(3)15-22/h4-15H,16H2,1-3H3,(H,29,33). The molecule has 0 aliphatic rings. The maximum absolute atomic E-state index is 13.8. The minimum absolute atomic E-state index is 0.0904. The Bertz CT molecular complexity index is 1740. The Labute approximate surface area is 227 Å². The molecule has 37 heavy (non-hydrogen) atoms. The van der Waals surface area contributed by atoms with E-state index < -0.39 is 0 Å². The molecule has 5 rings (SSSR count). The van der Waals surface area contributed by atoms with E-state index in [1.54, 1.807) is 4.57 Å². The van der Waals surface area contributed by atoms with Crippen molar-refractivity contribution in [3.8, 4) is 11.4 Å². The Kier molecular flexibility index (Phi) is 7.10. The zero-order chi connectivity index (χ0) is 26.1. The topological polar surface area (TPSA) is 68.9 Å². The number of hydrogen-bond acceptors (Lipinski definition) is 6. The highest BCUT2D eigenvalue weighted by atomic mass is 32.2. The van der Waals surface area contributed by atoms with Gasteiger partial charge < -0.3 is 5.32 Å². The van der Waals surface area contributed by atoms with Gasteiger partial charge in [0.05, 0.1) is 11.4 Å². The maximum atomic E-state index is 13.8. The molecule has 0 bridgehead atoms. The minimum Gasteiger partial charge on any atom is -0.325 e. The molecule has 1 N–H and O–H groups in total. The lowest BCUT2D eigenvalue weighted by atomic mass is 10.1. The van der Waals surface area contributed by atoms with Gasteiger partial charge in [-0.3, -0.25) is 18.7 Å². The first-order valence-electron chi connectivity index (χ1n) is 11.6. The van der Waals surface area contributed by atoms with Crippen LogP contribution in [-0.4, -0.2) is 25.8 Å². The number of para-hydroxylation sites is 1. The van der Waals surface area contributed by atoms with E-state index in [4.69, 9.17) is 17.2 Å². The minimum atomic E-state index is -0.212. The van der Waals surface area contributed by atoms with Gasteiger partial charge in [-0.1, -0.05) is 65.1 Å². The molecule has 0 unspecified atom stereocenters. The van der Waals surface area contributed by atoms with Crippen molar-refractivity contribution in [3.63, 3.8) is 0 Å². The van der Waals surface area contributed by atoms with Crippen LogP contribution in [0.15, 0.2) is 82.7 Å². The van der Waals surface area contributed by atoms with Crippen molar-refractivity contribution in [3.05, 3.63) is 104 Å². The number of carbonyl (C=O) groups excluding carboxylic acids is 1. The largest absolute Gasteiger partial charge is 0.325 e. The lowest BCUT2D eigenvalue weighted by Crippen LogP contribution is -2.22. The van der Waals surface area contributed by atoms with Gasteiger partial charge >= 0.3 is 0 Å². The monoisotopic (exact) mass is 544 g/mol. The molecule has 0 aliphatic heterocycles. The number of nitrogens with zero attached hydrogens (tertiary/aromatic N) is 3. The number of carbonyl (C=O) groups is 1. The summed E-state index contributed by atoms with van der Waals surface area (Å²) in [7, 11) is 0. The Morgan fingerprint density at radius 1 is 0.946 bits per heavy atom. The molecule has 0 fully saturated rings. The number of anilines is 1. The van der Waals surface area contributed by atoms with E-state index in [1.165, 1.54) is 28.7 Å². The summed E-state index contributed by atoms with van der Waals surface area (Å²) < 4.78 is 4.42. The molecule has 0 atom stereocenters. The van der Waals surface area contributed by atoms with E-state index >= 15 is 0 Å². The van der Waals surface area contributed by atoms with Gasteiger partial charge in [-0.2, -0.15) is 0 Å². The number of thioether (sulfide) groups is 1. The predicted molar refractivity (Wildman–Crippen MR) is 155 cm³/mol. The number of aromatic nitrogens is 3. The molecule has 0 radical (unpaired) electrons. The van der Waals surface area contributed by atoms with Crippen LogP contribution in [0.4, 0.5) is 5.69 Å². The summed E-state index contributed by atoms with van der Waals surface area (Å²) in [6, 6.07) is 23.0. The van der Waals surface area contributed by atoms with E-state index in [-0.39, 0.29) is 17.2 Å². The SMILES string of the molecule is Cc1ccc(NC(=O)CSc2nc3c(sc(=S)n3-c3ccc(C)c(C)c3)c(=O)n2-c2ccccc2)cc1. The highest BCUT2D eigenvalue weighted by Crippen LogP contribution is 2.28. The summed E-state index contributed by atoms with van der Waals surface area (Å²) in [6.45, 7) is 6.09. The number of fused-ring (bicyclic) bond motifs is 1. The van der Waals surface area contributed by atoms with Crippen LogP contribution in [0.25, 0.3) is 21.7 Å². The third kappa shape index (κ3) is 5.16. The molecular formula is C28H24N4O2S3. The molecule has 0 spiro atoms. The second-order valence-electron chi connectivity index (χ2n) is 8.70. The summed E-state index contributed by atoms with van der Waals surface area (Å²) in [5, 5.41) is 3.33. The Hall–Kier alpha value is -3.53. The smallest absolute Gasteiger partial charge is 0.278 e. The van der Waals surface area contributed by atoms with E-state index in [0.717, 1.165) is 22.5 Å². The Balaban J connectivity index is 1.59. The van der Waals surface area contributed by atoms with Crippen LogP contribution in [0.5, 0.6) is 0 Å². The van der Waals surface area contributed by atoms with Crippen molar-refractivity contribution < 1.29 is 4.79 Å². The van der Waals surface area contributed by atoms with Crippen molar-refractivity contribution in [2.24, 2.45) is 0 Å². The van der Waals surface area contributed by atoms with Gasteiger partial charge in [-0.05, 0) is 80.5 Å². The van der Waals surface area contributed by atoms with Gasteiger partial charge in [0.1, 0.15) is 4.70 Å². The highest BCUT2D eigenvalue weighted by Gasteiger charge is 2.20. The summed E-state index contributed by atoms with van der Waals surface area (Å²) in [5.41, 5.74) is 5.96. The van der Waals surface area contributed by atoms with Gasteiger partial charge in [-0.15, -0.1) is 0 Å². The van der Waals surface area contributed by atoms with Crippen molar-refractivity contribution in [2.45, 2.75) is 25.9 Å². The summed E-state index contributed by atoms with van der Waals surface area (Å²) in [4.78, 5) is 31.5. The normalized spacial score (nSPS) is 11.1. The van der Waals surface area contributed by atoms with Gasteiger partial charge in [0.2, 0.25) is 5.91 Å². The zero-order valence-corrected chi connectivity index (χ0v) is 23.0. The zero-order valence-electron chi connectivity index (χ0n) is 20.5. The van der Waals surface area contributed by atoms with Crippen molar-refractivity contribution in [1.29, 1.82) is 0 Å². The number of benzene rings is 3. The lowest BCUT2D eigenvalue weighted by Gasteiger charge is -2.13. The van der Waals surface area contributed by atoms with Crippen LogP contribution in [0.1, 0.15) is 16.7 Å². The van der Waals surface area contributed by atoms with Gasteiger partial charge in [0, 0.05) is 11.4 Å². The summed E-state index contributed by atoms with van der Waals surface area (Å²) >= 11 is 8.15. The maximum Gasteiger partial charge on any atom is 0.278 e. The first kappa shape index (κ1) is 25.1. The van der Waals surface area contributed by atoms with Crippen LogP contribution in [0.3, 0.4) is 0 Å². The summed E-state index contributed by atoms with van der Waals surface area (Å²) in [5.74, 6) is -0.0909. The van der Waals surface area contributed by atoms with E-state index in [2.05, 4.69) is 12.2 Å². The molecule has 0 saturated heterocycles. The number of thiazole rings is 1. The predicted octanol–water partition coefficient (Wildman–Crippen LogP) is 6.62. The van der Waals surface area contributed by atoms with E-state index in [9.17, 15) is 9.59 Å². The molecule has 3 aromatic carbocycles. The van der Waals surface area contributed by atoms with Crippen LogP contribution >= 0.6 is 35.3 Å². The first-order valence-corrected chi connectivity index (χ1v) is 13.8. The molecule has 1 amide bonds. The quantitative estimate of drug-likeness (QED) is 0.148. The third-order valence-electron chi connectivity index (χ3n) is 6.01. The molecule has 0 saturated carbocycles. The number of hydrogen-bond donors (Lipinski definition) is 1. The second kappa shape index (κ2) is 10.5. The van der Waals surface area contributed by atoms with Crippen molar-refractivity contribution >= 4 is 57.3 Å².